The van der Waals surface area contributed by atoms with E-state index < -0.39 is 0 Å². The van der Waals surface area contributed by atoms with Crippen molar-refractivity contribution in [2.24, 2.45) is 0 Å². The van der Waals surface area contributed by atoms with Gasteiger partial charge in [0.15, 0.2) is 16.6 Å². The monoisotopic (exact) mass is 506 g/mol. The van der Waals surface area contributed by atoms with Crippen LogP contribution >= 0.6 is 23.1 Å². The van der Waals surface area contributed by atoms with Gasteiger partial charge in [-0.3, -0.25) is 9.59 Å². The predicted octanol–water partition coefficient (Wildman–Crippen LogP) is 5.13. The summed E-state index contributed by atoms with van der Waals surface area (Å²) in [6, 6.07) is 14.6. The van der Waals surface area contributed by atoms with Crippen LogP contribution in [-0.2, 0) is 10.5 Å². The van der Waals surface area contributed by atoms with Crippen LogP contribution in [0.5, 0.6) is 5.75 Å². The number of thioether (sulfide) groups is 1. The Morgan fingerprint density at radius 2 is 1.94 bits per heavy atom. The molecule has 5 aromatic rings. The highest BCUT2D eigenvalue weighted by Gasteiger charge is 2.11. The van der Waals surface area contributed by atoms with Gasteiger partial charge in [0.05, 0.1) is 15.9 Å². The summed E-state index contributed by atoms with van der Waals surface area (Å²) in [4.78, 5) is 33.7. The molecule has 0 saturated heterocycles. The maximum absolute atomic E-state index is 12.4. The van der Waals surface area contributed by atoms with E-state index in [0.29, 0.717) is 34.3 Å². The third kappa shape index (κ3) is 5.23. The molecule has 10 heteroatoms. The van der Waals surface area contributed by atoms with Crippen LogP contribution in [0.15, 0.2) is 62.2 Å². The Kier molecular flexibility index (Phi) is 6.31. The molecular weight excluding hydrogens is 484 g/mol. The summed E-state index contributed by atoms with van der Waals surface area (Å²) >= 11 is 3.03. The Morgan fingerprint density at radius 3 is 2.77 bits per heavy atom. The molecule has 178 valence electrons. The van der Waals surface area contributed by atoms with Gasteiger partial charge in [-0.05, 0) is 62.2 Å². The van der Waals surface area contributed by atoms with E-state index in [4.69, 9.17) is 9.26 Å². The topological polar surface area (TPSA) is 98.7 Å². The molecule has 0 radical (unpaired) electrons. The maximum Gasteiger partial charge on any atom is 0.287 e. The van der Waals surface area contributed by atoms with Gasteiger partial charge in [0.2, 0.25) is 0 Å². The Bertz CT molecular complexity index is 1620. The number of anilines is 1. The number of aromatic nitrogens is 3. The molecule has 0 fully saturated rings. The molecule has 0 aliphatic heterocycles. The molecule has 1 N–H and O–H groups in total. The number of nitrogens with zero attached hydrogens (tertiary/aromatic N) is 3. The number of aryl methyl sites for hydroxylation is 3. The smallest absolute Gasteiger partial charge is 0.287 e. The minimum Gasteiger partial charge on any atom is -0.484 e. The van der Waals surface area contributed by atoms with Gasteiger partial charge in [-0.1, -0.05) is 17.8 Å². The summed E-state index contributed by atoms with van der Waals surface area (Å²) in [5, 5.41) is 2.87. The molecule has 0 spiro atoms. The third-order valence-electron chi connectivity index (χ3n) is 5.37. The van der Waals surface area contributed by atoms with Crippen LogP contribution in [0.25, 0.3) is 15.9 Å². The number of benzene rings is 2. The van der Waals surface area contributed by atoms with Gasteiger partial charge in [-0.15, -0.1) is 15.9 Å². The molecule has 0 bridgehead atoms. The number of ether oxygens (including phenoxy) is 1. The van der Waals surface area contributed by atoms with Crippen LogP contribution in [0, 0.1) is 20.8 Å². The number of fused-ring (bicyclic) bond motifs is 2. The van der Waals surface area contributed by atoms with Gasteiger partial charge < -0.3 is 14.6 Å². The lowest BCUT2D eigenvalue weighted by molar-refractivity contribution is -0.118. The third-order valence-corrected chi connectivity index (χ3v) is 7.56. The summed E-state index contributed by atoms with van der Waals surface area (Å²) in [5.74, 6) is 1.58. The predicted molar refractivity (Wildman–Crippen MR) is 138 cm³/mol. The molecule has 0 saturated carbocycles. The highest BCUT2D eigenvalue weighted by atomic mass is 32.2. The molecule has 0 atom stereocenters. The molecule has 35 heavy (non-hydrogen) atoms. The summed E-state index contributed by atoms with van der Waals surface area (Å²) in [6.07, 6.45) is 0. The summed E-state index contributed by atoms with van der Waals surface area (Å²) in [7, 11) is 0. The van der Waals surface area contributed by atoms with Crippen LogP contribution in [-0.4, -0.2) is 27.1 Å². The van der Waals surface area contributed by atoms with Crippen molar-refractivity contribution in [2.45, 2.75) is 30.9 Å². The summed E-state index contributed by atoms with van der Waals surface area (Å²) < 4.78 is 13.9. The highest BCUT2D eigenvalue weighted by molar-refractivity contribution is 8.00. The fourth-order valence-corrected chi connectivity index (χ4v) is 5.48. The molecule has 8 nitrogen and oxygen atoms in total. The van der Waals surface area contributed by atoms with Gasteiger partial charge in [0.25, 0.3) is 11.5 Å². The number of carbonyl (C=O) groups excluding carboxylic acids is 1. The van der Waals surface area contributed by atoms with Crippen LogP contribution < -0.4 is 15.6 Å². The summed E-state index contributed by atoms with van der Waals surface area (Å²) in [6.45, 7) is 5.75. The number of nitrogens with one attached hydrogen (secondary N) is 1. The van der Waals surface area contributed by atoms with Crippen molar-refractivity contribution in [2.75, 3.05) is 11.9 Å². The molecular formula is C25H22N4O4S2. The van der Waals surface area contributed by atoms with Crippen LogP contribution in [0.4, 0.5) is 5.69 Å². The highest BCUT2D eigenvalue weighted by Crippen LogP contribution is 2.32. The number of rotatable bonds is 7. The van der Waals surface area contributed by atoms with E-state index in [2.05, 4.69) is 15.3 Å². The lowest BCUT2D eigenvalue weighted by Gasteiger charge is -2.09. The van der Waals surface area contributed by atoms with Crippen LogP contribution in [0.2, 0.25) is 0 Å². The molecule has 2 aromatic carbocycles. The lowest BCUT2D eigenvalue weighted by Crippen LogP contribution is -2.20. The van der Waals surface area contributed by atoms with E-state index in [9.17, 15) is 9.59 Å². The molecule has 3 heterocycles. The SMILES string of the molecule is Cc1cc2nc(CSc3nc4ccc(NC(=O)COc5ccc(C)c(C)c5)cc4s3)cc(=O)n2o1. The van der Waals surface area contributed by atoms with Crippen LogP contribution in [0.1, 0.15) is 22.6 Å². The maximum atomic E-state index is 12.4. The zero-order valence-corrected chi connectivity index (χ0v) is 21.0. The number of thiazole rings is 1. The first kappa shape index (κ1) is 23.1. The van der Waals surface area contributed by atoms with Crippen molar-refractivity contribution >= 4 is 50.6 Å². The largest absolute Gasteiger partial charge is 0.484 e. The Labute approximate surface area is 208 Å². The van der Waals surface area contributed by atoms with Crippen molar-refractivity contribution in [3.8, 4) is 5.75 Å². The van der Waals surface area contributed by atoms with Crippen molar-refractivity contribution in [1.29, 1.82) is 0 Å². The van der Waals surface area contributed by atoms with E-state index in [1.54, 1.807) is 13.0 Å². The van der Waals surface area contributed by atoms with Gasteiger partial charge in [0.1, 0.15) is 11.5 Å². The van der Waals surface area contributed by atoms with Gasteiger partial charge in [0, 0.05) is 23.6 Å². The average Bonchev–Trinajstić information content (AvgIpc) is 3.40. The van der Waals surface area contributed by atoms with Crippen molar-refractivity contribution in [3.63, 3.8) is 0 Å². The molecule has 0 aliphatic carbocycles. The normalized spacial score (nSPS) is 11.3. The molecule has 1 amide bonds. The standard InChI is InChI=1S/C25H22N4O4S2/c1-14-4-6-19(8-15(14)2)32-12-23(30)27-17-5-7-20-21(10-17)35-25(28-20)34-13-18-11-24(31)29-22(26-18)9-16(3)33-29/h4-11H,12-13H2,1-3H3,(H,27,30). The Balaban J connectivity index is 1.22. The Hall–Kier alpha value is -3.63. The first-order valence-corrected chi connectivity index (χ1v) is 12.7. The first-order chi connectivity index (χ1) is 16.8. The lowest BCUT2D eigenvalue weighted by atomic mass is 10.1. The van der Waals surface area contributed by atoms with Gasteiger partial charge >= 0.3 is 0 Å². The van der Waals surface area contributed by atoms with Gasteiger partial charge in [-0.25, -0.2) is 9.97 Å². The van der Waals surface area contributed by atoms with E-state index >= 15 is 0 Å². The molecule has 0 unspecified atom stereocenters. The second-order valence-corrected chi connectivity index (χ2v) is 10.4. The zero-order valence-electron chi connectivity index (χ0n) is 19.3. The molecule has 0 aliphatic rings. The zero-order chi connectivity index (χ0) is 24.5. The summed E-state index contributed by atoms with van der Waals surface area (Å²) in [5.41, 5.74) is 4.74. The number of carbonyl (C=O) groups is 1. The number of hydrogen-bond donors (Lipinski definition) is 1. The fraction of sp³-hybridized carbons (Fsp3) is 0.200. The van der Waals surface area contributed by atoms with E-state index in [1.165, 1.54) is 39.3 Å². The van der Waals surface area contributed by atoms with Crippen molar-refractivity contribution in [1.82, 2.24) is 14.5 Å². The molecule has 5 rings (SSSR count). The van der Waals surface area contributed by atoms with Crippen molar-refractivity contribution in [3.05, 3.63) is 81.5 Å². The fourth-order valence-electron chi connectivity index (χ4n) is 3.48. The van der Waals surface area contributed by atoms with E-state index in [1.807, 2.05) is 50.2 Å². The van der Waals surface area contributed by atoms with Gasteiger partial charge in [-0.2, -0.15) is 0 Å². The van der Waals surface area contributed by atoms with Crippen LogP contribution in [0.3, 0.4) is 0 Å². The number of amides is 1. The minimum atomic E-state index is -0.245. The van der Waals surface area contributed by atoms with Crippen molar-refractivity contribution < 1.29 is 14.1 Å². The Morgan fingerprint density at radius 1 is 1.09 bits per heavy atom. The molecule has 3 aromatic heterocycles. The quantitative estimate of drug-likeness (QED) is 0.306. The second kappa shape index (κ2) is 9.55. The second-order valence-electron chi connectivity index (χ2n) is 8.12. The average molecular weight is 507 g/mol. The van der Waals surface area contributed by atoms with E-state index in [-0.39, 0.29) is 18.1 Å². The van der Waals surface area contributed by atoms with E-state index in [0.717, 1.165) is 20.1 Å². The minimum absolute atomic E-state index is 0.0716. The number of hydrogen-bond acceptors (Lipinski definition) is 8. The first-order valence-electron chi connectivity index (χ1n) is 10.9.